The fourth-order valence-electron chi connectivity index (χ4n) is 4.51. The molecule has 4 rings (SSSR count). The van der Waals surface area contributed by atoms with E-state index in [9.17, 15) is 4.39 Å². The zero-order chi connectivity index (χ0) is 16.7. The van der Waals surface area contributed by atoms with Crippen LogP contribution in [0.3, 0.4) is 0 Å². The van der Waals surface area contributed by atoms with Gasteiger partial charge < -0.3 is 15.0 Å². The largest absolute Gasteiger partial charge is 0.374 e. The summed E-state index contributed by atoms with van der Waals surface area (Å²) >= 11 is 3.40. The highest BCUT2D eigenvalue weighted by atomic mass is 127. The average molecular weight is 524 g/mol. The highest BCUT2D eigenvalue weighted by Gasteiger charge is 2.53. The molecule has 0 amide bonds. The van der Waals surface area contributed by atoms with Crippen LogP contribution < -0.4 is 5.32 Å². The molecule has 1 aromatic carbocycles. The van der Waals surface area contributed by atoms with E-state index in [-0.39, 0.29) is 29.8 Å². The number of benzene rings is 1. The molecule has 3 heterocycles. The number of guanidine groups is 1. The summed E-state index contributed by atoms with van der Waals surface area (Å²) in [6.07, 6.45) is 3.99. The predicted molar refractivity (Wildman–Crippen MR) is 111 cm³/mol. The van der Waals surface area contributed by atoms with E-state index in [2.05, 4.69) is 31.1 Å². The van der Waals surface area contributed by atoms with Crippen molar-refractivity contribution in [3.8, 4) is 0 Å². The summed E-state index contributed by atoms with van der Waals surface area (Å²) in [5.41, 5.74) is 0.720. The lowest BCUT2D eigenvalue weighted by Crippen LogP contribution is -2.42. The molecule has 0 saturated carbocycles. The average Bonchev–Trinajstić information content (AvgIpc) is 3.27. The van der Waals surface area contributed by atoms with Gasteiger partial charge in [-0.15, -0.1) is 24.0 Å². The van der Waals surface area contributed by atoms with E-state index >= 15 is 0 Å². The first-order valence-corrected chi connectivity index (χ1v) is 9.50. The van der Waals surface area contributed by atoms with Crippen molar-refractivity contribution in [2.45, 2.75) is 31.5 Å². The highest BCUT2D eigenvalue weighted by Crippen LogP contribution is 2.47. The molecule has 0 aliphatic carbocycles. The van der Waals surface area contributed by atoms with Crippen LogP contribution in [0.1, 0.15) is 18.4 Å². The Labute approximate surface area is 173 Å². The minimum Gasteiger partial charge on any atom is -0.374 e. The topological polar surface area (TPSA) is 36.9 Å². The number of hydrogen-bond donors (Lipinski definition) is 1. The van der Waals surface area contributed by atoms with Crippen molar-refractivity contribution < 1.29 is 9.13 Å². The van der Waals surface area contributed by atoms with Crippen molar-refractivity contribution in [2.24, 2.45) is 16.8 Å². The number of ether oxygens (including phenoxy) is 1. The van der Waals surface area contributed by atoms with Gasteiger partial charge in [0.1, 0.15) is 5.82 Å². The van der Waals surface area contributed by atoms with E-state index in [1.807, 2.05) is 13.1 Å². The van der Waals surface area contributed by atoms with Gasteiger partial charge in [0.2, 0.25) is 0 Å². The summed E-state index contributed by atoms with van der Waals surface area (Å²) in [4.78, 5) is 6.77. The van der Waals surface area contributed by atoms with Crippen LogP contribution >= 0.6 is 39.9 Å². The summed E-state index contributed by atoms with van der Waals surface area (Å²) < 4.78 is 20.8. The number of hydrogen-bond acceptors (Lipinski definition) is 2. The number of rotatable bonds is 3. The number of halogens is 3. The molecule has 3 fully saturated rings. The maximum Gasteiger partial charge on any atom is 0.193 e. The monoisotopic (exact) mass is 523 g/mol. The van der Waals surface area contributed by atoms with Crippen LogP contribution in [0.15, 0.2) is 27.7 Å². The molecule has 3 aliphatic heterocycles. The lowest BCUT2D eigenvalue weighted by molar-refractivity contribution is 0.0767. The number of aliphatic imine (C=N–C) groups is 1. The number of nitrogens with zero attached hydrogens (tertiary/aromatic N) is 2. The number of nitrogens with one attached hydrogen (secondary N) is 1. The second kappa shape index (κ2) is 8.08. The third kappa shape index (κ3) is 3.83. The summed E-state index contributed by atoms with van der Waals surface area (Å²) in [7, 11) is 1.82. The van der Waals surface area contributed by atoms with Crippen molar-refractivity contribution in [1.29, 1.82) is 0 Å². The first-order valence-electron chi connectivity index (χ1n) is 8.70. The van der Waals surface area contributed by atoms with Gasteiger partial charge in [0.15, 0.2) is 5.96 Å². The van der Waals surface area contributed by atoms with Crippen LogP contribution in [-0.2, 0) is 11.2 Å². The van der Waals surface area contributed by atoms with Gasteiger partial charge in [0.25, 0.3) is 0 Å². The van der Waals surface area contributed by atoms with E-state index in [4.69, 9.17) is 4.74 Å². The van der Waals surface area contributed by atoms with Crippen LogP contribution in [0.25, 0.3) is 0 Å². The molecule has 4 unspecified atom stereocenters. The molecule has 4 nitrogen and oxygen atoms in total. The van der Waals surface area contributed by atoms with Gasteiger partial charge in [0, 0.05) is 43.0 Å². The molecule has 138 valence electrons. The van der Waals surface area contributed by atoms with E-state index in [0.29, 0.717) is 37.0 Å². The number of fused-ring (bicyclic) bond motifs is 5. The molecule has 7 heteroatoms. The zero-order valence-corrected chi connectivity index (χ0v) is 18.2. The number of likely N-dealkylation sites (tertiary alicyclic amines) is 1. The Morgan fingerprint density at radius 3 is 2.64 bits per heavy atom. The van der Waals surface area contributed by atoms with Gasteiger partial charge in [-0.05, 0) is 43.0 Å². The van der Waals surface area contributed by atoms with Crippen molar-refractivity contribution in [3.05, 3.63) is 34.1 Å². The SMILES string of the molecule is CN=C(NCCc1cc(Br)ccc1F)N1CC2C3CCC(O3)C2C1.I. The molecule has 0 radical (unpaired) electrons. The Hall–Kier alpha value is -0.410. The van der Waals surface area contributed by atoms with Crippen LogP contribution in [0.4, 0.5) is 4.39 Å². The molecule has 3 aliphatic rings. The summed E-state index contributed by atoms with van der Waals surface area (Å²) in [6.45, 7) is 2.72. The van der Waals surface area contributed by atoms with Gasteiger partial charge >= 0.3 is 0 Å². The van der Waals surface area contributed by atoms with Crippen molar-refractivity contribution in [2.75, 3.05) is 26.7 Å². The Balaban J connectivity index is 0.00000182. The predicted octanol–water partition coefficient (Wildman–Crippen LogP) is 3.43. The van der Waals surface area contributed by atoms with Crippen LogP contribution in [0.5, 0.6) is 0 Å². The third-order valence-electron chi connectivity index (χ3n) is 5.65. The molecule has 1 aromatic rings. The molecule has 1 N–H and O–H groups in total. The van der Waals surface area contributed by atoms with E-state index < -0.39 is 0 Å². The lowest BCUT2D eigenvalue weighted by atomic mass is 9.82. The van der Waals surface area contributed by atoms with E-state index in [1.54, 1.807) is 6.07 Å². The molecule has 3 saturated heterocycles. The maximum absolute atomic E-state index is 13.8. The lowest BCUT2D eigenvalue weighted by Gasteiger charge is -2.23. The minimum absolute atomic E-state index is 0. The normalized spacial score (nSPS) is 30.4. The molecular weight excluding hydrogens is 500 g/mol. The smallest absolute Gasteiger partial charge is 0.193 e. The Morgan fingerprint density at radius 1 is 1.32 bits per heavy atom. The fourth-order valence-corrected chi connectivity index (χ4v) is 4.92. The quantitative estimate of drug-likeness (QED) is 0.374. The zero-order valence-electron chi connectivity index (χ0n) is 14.3. The van der Waals surface area contributed by atoms with Gasteiger partial charge in [-0.1, -0.05) is 15.9 Å². The van der Waals surface area contributed by atoms with Gasteiger partial charge in [-0.2, -0.15) is 0 Å². The second-order valence-electron chi connectivity index (χ2n) is 6.98. The fraction of sp³-hybridized carbons (Fsp3) is 0.611. The highest BCUT2D eigenvalue weighted by molar-refractivity contribution is 14.0. The maximum atomic E-state index is 13.8. The third-order valence-corrected chi connectivity index (χ3v) is 6.14. The molecule has 2 bridgehead atoms. The van der Waals surface area contributed by atoms with Crippen molar-refractivity contribution in [3.63, 3.8) is 0 Å². The first kappa shape index (κ1) is 19.4. The first-order chi connectivity index (χ1) is 11.7. The minimum atomic E-state index is -0.153. The van der Waals surface area contributed by atoms with E-state index in [1.165, 1.54) is 18.9 Å². The van der Waals surface area contributed by atoms with Crippen molar-refractivity contribution >= 4 is 45.9 Å². The Bertz CT molecular complexity index is 641. The van der Waals surface area contributed by atoms with Crippen LogP contribution in [0.2, 0.25) is 0 Å². The summed E-state index contributed by atoms with van der Waals surface area (Å²) in [5.74, 6) is 2.09. The van der Waals surface area contributed by atoms with Gasteiger partial charge in [0.05, 0.1) is 12.2 Å². The standard InChI is InChI=1S/C18H23BrFN3O.HI/c1-21-18(22-7-6-11-8-12(19)2-3-15(11)20)23-9-13-14(10-23)17-5-4-16(13)24-17;/h2-3,8,13-14,16-17H,4-7,9-10H2,1H3,(H,21,22);1H. The molecule has 25 heavy (non-hydrogen) atoms. The molecular formula is C18H24BrFIN3O. The molecule has 0 spiro atoms. The van der Waals surface area contributed by atoms with Crippen molar-refractivity contribution in [1.82, 2.24) is 10.2 Å². The van der Waals surface area contributed by atoms with Gasteiger partial charge in [-0.3, -0.25) is 4.99 Å². The van der Waals surface area contributed by atoms with E-state index in [0.717, 1.165) is 29.1 Å². The summed E-state index contributed by atoms with van der Waals surface area (Å²) in [6, 6.07) is 5.07. The second-order valence-corrected chi connectivity index (χ2v) is 7.90. The summed E-state index contributed by atoms with van der Waals surface area (Å²) in [5, 5.41) is 3.40. The van der Waals surface area contributed by atoms with Crippen LogP contribution in [-0.4, -0.2) is 49.7 Å². The molecule has 0 aromatic heterocycles. The Kier molecular flexibility index (Phi) is 6.26. The molecule has 4 atom stereocenters. The van der Waals surface area contributed by atoms with Crippen LogP contribution in [0, 0.1) is 17.7 Å². The van der Waals surface area contributed by atoms with Gasteiger partial charge in [-0.25, -0.2) is 4.39 Å². The Morgan fingerprint density at radius 2 is 2.00 bits per heavy atom.